The van der Waals surface area contributed by atoms with Crippen LogP contribution < -0.4 is 0 Å². The summed E-state index contributed by atoms with van der Waals surface area (Å²) in [6.07, 6.45) is -0.869. The fourth-order valence-electron chi connectivity index (χ4n) is 0.200. The number of rotatable bonds is 1. The predicted octanol–water partition coefficient (Wildman–Crippen LogP) is 1.62. The summed E-state index contributed by atoms with van der Waals surface area (Å²) in [4.78, 5) is 25.3. The van der Waals surface area contributed by atoms with Gasteiger partial charge in [-0.05, 0) is 11.8 Å². The maximum Gasteiger partial charge on any atom is 0.508 e. The molecule has 0 heterocycles. The third-order valence-corrected chi connectivity index (χ3v) is 0.848. The van der Waals surface area contributed by atoms with Crippen LogP contribution in [0.15, 0.2) is 0 Å². The average Bonchev–Trinajstić information content (AvgIpc) is 1.97. The lowest BCUT2D eigenvalue weighted by molar-refractivity contribution is 0.0743. The lowest BCUT2D eigenvalue weighted by atomic mass is 10.8. The van der Waals surface area contributed by atoms with Gasteiger partial charge in [-0.25, -0.2) is 4.79 Å². The first-order valence-electron chi connectivity index (χ1n) is 2.88. The molecular formula is C4H8Cl3O5PS. The molecule has 0 fully saturated rings. The van der Waals surface area contributed by atoms with E-state index in [2.05, 4.69) is 21.3 Å². The Morgan fingerprint density at radius 2 is 1.86 bits per heavy atom. The van der Waals surface area contributed by atoms with Crippen LogP contribution in [0.1, 0.15) is 0 Å². The smallest absolute Gasteiger partial charge is 0.438 e. The lowest BCUT2D eigenvalue weighted by Gasteiger charge is -2.09. The molecule has 0 saturated carbocycles. The Bertz CT molecular complexity index is 192. The van der Waals surface area contributed by atoms with E-state index in [0.29, 0.717) is 0 Å². The first-order valence-corrected chi connectivity index (χ1v) is 6.54. The largest absolute Gasteiger partial charge is 0.508 e. The van der Waals surface area contributed by atoms with Gasteiger partial charge in [0, 0.05) is 0 Å². The summed E-state index contributed by atoms with van der Waals surface area (Å²) in [7, 11) is -1.13. The van der Waals surface area contributed by atoms with Crippen LogP contribution >= 0.6 is 42.0 Å². The number of carbonyl (C=O) groups is 1. The minimum absolute atomic E-state index is 0.315. The predicted molar refractivity (Wildman–Crippen MR) is 58.8 cm³/mol. The minimum atomic E-state index is -2.30. The molecule has 0 amide bonds. The van der Waals surface area contributed by atoms with Crippen molar-refractivity contribution < 1.29 is 24.1 Å². The molecule has 0 rings (SSSR count). The van der Waals surface area contributed by atoms with E-state index < -0.39 is 17.1 Å². The summed E-state index contributed by atoms with van der Waals surface area (Å²) >= 11 is 19.5. The molecule has 0 radical (unpaired) electrons. The highest BCUT2D eigenvalue weighted by Gasteiger charge is 2.22. The molecule has 0 spiro atoms. The molecular weight excluding hydrogens is 297 g/mol. The van der Waals surface area contributed by atoms with Gasteiger partial charge >= 0.3 is 6.16 Å². The van der Waals surface area contributed by atoms with Gasteiger partial charge in [-0.15, -0.1) is 0 Å². The number of alkyl halides is 3. The van der Waals surface area contributed by atoms with Crippen molar-refractivity contribution in [2.75, 3.05) is 13.7 Å². The van der Waals surface area contributed by atoms with Crippen molar-refractivity contribution in [3.63, 3.8) is 0 Å². The maximum atomic E-state index is 10.2. The molecule has 0 unspecified atom stereocenters. The highest BCUT2D eigenvalue weighted by atomic mass is 35.6. The van der Waals surface area contributed by atoms with E-state index >= 15 is 0 Å². The minimum Gasteiger partial charge on any atom is -0.438 e. The maximum absolute atomic E-state index is 10.2. The third kappa shape index (κ3) is 23.0. The van der Waals surface area contributed by atoms with E-state index in [0.717, 1.165) is 0 Å². The lowest BCUT2D eigenvalue weighted by Crippen LogP contribution is -2.16. The van der Waals surface area contributed by atoms with Crippen molar-refractivity contribution in [1.29, 1.82) is 0 Å². The Kier molecular flexibility index (Phi) is 11.0. The number of carbonyl (C=O) groups excluding carboxylic acids is 1. The van der Waals surface area contributed by atoms with Crippen LogP contribution in [0.25, 0.3) is 0 Å². The SMILES string of the molecule is COC(=O)OCC(Cl)(Cl)Cl.O[PH](O)=S. The average molecular weight is 306 g/mol. The number of hydrogen-bond acceptors (Lipinski definition) is 4. The van der Waals surface area contributed by atoms with Crippen LogP contribution in [0.3, 0.4) is 0 Å². The molecule has 14 heavy (non-hydrogen) atoms. The van der Waals surface area contributed by atoms with E-state index in [1.54, 1.807) is 0 Å². The zero-order valence-electron chi connectivity index (χ0n) is 6.87. The van der Waals surface area contributed by atoms with Gasteiger partial charge < -0.3 is 19.3 Å². The van der Waals surface area contributed by atoms with Crippen molar-refractivity contribution >= 4 is 59.9 Å². The molecule has 0 aromatic heterocycles. The zero-order chi connectivity index (χ0) is 11.8. The fraction of sp³-hybridized carbons (Fsp3) is 0.750. The third-order valence-electron chi connectivity index (χ3n) is 0.520. The van der Waals surface area contributed by atoms with Crippen LogP contribution in [0, 0.1) is 0 Å². The number of hydrogen-bond donors (Lipinski definition) is 2. The normalized spacial score (nSPS) is 10.2. The van der Waals surface area contributed by atoms with E-state index in [9.17, 15) is 4.79 Å². The van der Waals surface area contributed by atoms with Gasteiger partial charge in [0.15, 0.2) is 7.15 Å². The Labute approximate surface area is 101 Å². The van der Waals surface area contributed by atoms with Crippen LogP contribution in [-0.2, 0) is 21.3 Å². The molecule has 0 bridgehead atoms. The fourth-order valence-corrected chi connectivity index (χ4v) is 0.363. The van der Waals surface area contributed by atoms with Gasteiger partial charge in [0.25, 0.3) is 0 Å². The Balaban J connectivity index is 0. The molecule has 0 atom stereocenters. The summed E-state index contributed by atoms with van der Waals surface area (Å²) in [6, 6.07) is 0. The molecule has 2 N–H and O–H groups in total. The van der Waals surface area contributed by atoms with Crippen molar-refractivity contribution in [3.05, 3.63) is 0 Å². The van der Waals surface area contributed by atoms with Crippen LogP contribution in [-0.4, -0.2) is 33.5 Å². The van der Waals surface area contributed by atoms with E-state index in [4.69, 9.17) is 44.6 Å². The number of halogens is 3. The highest BCUT2D eigenvalue weighted by molar-refractivity contribution is 7.99. The first-order chi connectivity index (χ1) is 6.19. The van der Waals surface area contributed by atoms with Gasteiger partial charge in [0.1, 0.15) is 6.61 Å². The second-order valence-corrected chi connectivity index (χ2v) is 5.82. The molecule has 0 saturated heterocycles. The Morgan fingerprint density at radius 3 is 2.07 bits per heavy atom. The van der Waals surface area contributed by atoms with E-state index in [1.165, 1.54) is 7.11 Å². The van der Waals surface area contributed by atoms with Crippen LogP contribution in [0.2, 0.25) is 0 Å². The van der Waals surface area contributed by atoms with E-state index in [1.807, 2.05) is 0 Å². The number of ether oxygens (including phenoxy) is 2. The van der Waals surface area contributed by atoms with Gasteiger partial charge in [-0.3, -0.25) is 0 Å². The van der Waals surface area contributed by atoms with Gasteiger partial charge in [-0.2, -0.15) is 0 Å². The quantitative estimate of drug-likeness (QED) is 0.435. The molecule has 0 aliphatic heterocycles. The number of methoxy groups -OCH3 is 1. The van der Waals surface area contributed by atoms with Crippen molar-refractivity contribution in [3.8, 4) is 0 Å². The van der Waals surface area contributed by atoms with Gasteiger partial charge in [0.2, 0.25) is 3.79 Å². The first kappa shape index (κ1) is 17.1. The second-order valence-electron chi connectivity index (χ2n) is 1.64. The topological polar surface area (TPSA) is 76.0 Å². The monoisotopic (exact) mass is 304 g/mol. The van der Waals surface area contributed by atoms with Gasteiger partial charge in [-0.1, -0.05) is 34.8 Å². The summed E-state index contributed by atoms with van der Waals surface area (Å²) in [5.41, 5.74) is 0. The molecule has 0 aromatic rings. The molecule has 5 nitrogen and oxygen atoms in total. The summed E-state index contributed by atoms with van der Waals surface area (Å²) in [5.74, 6) is 0. The Hall–Kier alpha value is 0.710. The second kappa shape index (κ2) is 8.97. The van der Waals surface area contributed by atoms with Crippen molar-refractivity contribution in [2.24, 2.45) is 0 Å². The molecule has 10 heteroatoms. The summed E-state index contributed by atoms with van der Waals surface area (Å²) in [5, 5.41) is 0. The molecule has 0 aliphatic rings. The molecule has 86 valence electrons. The Morgan fingerprint density at radius 1 is 1.50 bits per heavy atom. The standard InChI is InChI=1S/C4H5Cl3O3.H3O2PS/c1-9-3(8)10-2-4(5,6)7;1-3(2)4/h2H2,1H3;3H,(H2,1,2,4). The molecule has 0 aliphatic carbocycles. The van der Waals surface area contributed by atoms with Crippen molar-refractivity contribution in [1.82, 2.24) is 0 Å². The summed E-state index contributed by atoms with van der Waals surface area (Å²) < 4.78 is 6.83. The van der Waals surface area contributed by atoms with Crippen molar-refractivity contribution in [2.45, 2.75) is 3.79 Å². The summed E-state index contributed by atoms with van der Waals surface area (Å²) in [6.45, 7) is -0.315. The van der Waals surface area contributed by atoms with Crippen LogP contribution in [0.5, 0.6) is 0 Å². The van der Waals surface area contributed by atoms with Gasteiger partial charge in [0.05, 0.1) is 7.11 Å². The highest BCUT2D eigenvalue weighted by Crippen LogP contribution is 2.25. The molecule has 0 aromatic carbocycles. The zero-order valence-corrected chi connectivity index (χ0v) is 11.0. The van der Waals surface area contributed by atoms with E-state index in [-0.39, 0.29) is 6.61 Å². The van der Waals surface area contributed by atoms with Crippen LogP contribution in [0.4, 0.5) is 4.79 Å².